The van der Waals surface area contributed by atoms with Crippen LogP contribution in [0.2, 0.25) is 10.0 Å². The maximum absolute atomic E-state index is 13.5. The molecule has 2 heterocycles. The number of thiazole rings is 1. The number of benzene rings is 1. The number of hydrogen-bond donors (Lipinski definition) is 3. The highest BCUT2D eigenvalue weighted by atomic mass is 35.5. The smallest absolute Gasteiger partial charge is 0.324 e. The van der Waals surface area contributed by atoms with E-state index in [4.69, 9.17) is 23.2 Å². The number of rotatable bonds is 3. The molecule has 4 amide bonds. The number of anilines is 2. The lowest BCUT2D eigenvalue weighted by atomic mass is 9.97. The van der Waals surface area contributed by atoms with Crippen LogP contribution in [0.5, 0.6) is 0 Å². The summed E-state index contributed by atoms with van der Waals surface area (Å²) in [6.07, 6.45) is 0. The van der Waals surface area contributed by atoms with Crippen molar-refractivity contribution in [2.75, 3.05) is 23.7 Å². The molecule has 0 saturated carbocycles. The molecule has 0 bridgehead atoms. The minimum Gasteiger partial charge on any atom is -0.352 e. The summed E-state index contributed by atoms with van der Waals surface area (Å²) in [7, 11) is 0. The van der Waals surface area contributed by atoms with Gasteiger partial charge < -0.3 is 15.5 Å². The molecule has 33 heavy (non-hydrogen) atoms. The van der Waals surface area contributed by atoms with Gasteiger partial charge in [-0.15, -0.1) is 0 Å². The highest BCUT2D eigenvalue weighted by Crippen LogP contribution is 2.36. The largest absolute Gasteiger partial charge is 0.352 e. The van der Waals surface area contributed by atoms with Crippen molar-refractivity contribution in [1.29, 1.82) is 0 Å². The molecule has 2 aromatic rings. The van der Waals surface area contributed by atoms with Gasteiger partial charge in [-0.25, -0.2) is 14.2 Å². The van der Waals surface area contributed by atoms with Crippen molar-refractivity contribution in [3.05, 3.63) is 38.7 Å². The first-order valence-electron chi connectivity index (χ1n) is 10.1. The van der Waals surface area contributed by atoms with E-state index in [2.05, 4.69) is 20.9 Å². The zero-order valence-corrected chi connectivity index (χ0v) is 21.1. The first-order chi connectivity index (χ1) is 15.2. The Hall–Kier alpha value is -2.43. The summed E-state index contributed by atoms with van der Waals surface area (Å²) in [4.78, 5) is 44.4. The molecule has 1 aromatic heterocycles. The quantitative estimate of drug-likeness (QED) is 0.506. The molecule has 1 aromatic carbocycles. The average Bonchev–Trinajstić information content (AvgIpc) is 3.14. The fraction of sp³-hybridized carbons (Fsp3) is 0.429. The van der Waals surface area contributed by atoms with Gasteiger partial charge in [-0.3, -0.25) is 14.9 Å². The topological polar surface area (TPSA) is 103 Å². The summed E-state index contributed by atoms with van der Waals surface area (Å²) in [6.45, 7) is 9.72. The van der Waals surface area contributed by atoms with Crippen LogP contribution in [-0.4, -0.2) is 46.4 Å². The molecule has 12 heteroatoms. The summed E-state index contributed by atoms with van der Waals surface area (Å²) in [5.74, 6) is -1.46. The van der Waals surface area contributed by atoms with E-state index in [0.29, 0.717) is 18.1 Å². The zero-order valence-electron chi connectivity index (χ0n) is 18.7. The second kappa shape index (κ2) is 9.08. The van der Waals surface area contributed by atoms with Crippen LogP contribution >= 0.6 is 34.5 Å². The van der Waals surface area contributed by atoms with Crippen LogP contribution in [0.4, 0.5) is 19.9 Å². The first-order valence-corrected chi connectivity index (χ1v) is 11.6. The van der Waals surface area contributed by atoms with Gasteiger partial charge in [0.2, 0.25) is 5.91 Å². The minimum absolute atomic E-state index is 0.0334. The Morgan fingerprint density at radius 3 is 2.52 bits per heavy atom. The Balaban J connectivity index is 1.92. The van der Waals surface area contributed by atoms with Crippen LogP contribution in [0.1, 0.15) is 50.1 Å². The van der Waals surface area contributed by atoms with Gasteiger partial charge in [0.25, 0.3) is 5.91 Å². The van der Waals surface area contributed by atoms with E-state index in [1.807, 2.05) is 20.8 Å². The number of amides is 4. The average molecular weight is 516 g/mol. The van der Waals surface area contributed by atoms with Crippen molar-refractivity contribution in [2.24, 2.45) is 0 Å². The van der Waals surface area contributed by atoms with Gasteiger partial charge in [-0.1, -0.05) is 55.3 Å². The molecule has 8 nitrogen and oxygen atoms in total. The van der Waals surface area contributed by atoms with Crippen LogP contribution in [0.3, 0.4) is 0 Å². The molecule has 0 unspecified atom stereocenters. The predicted molar refractivity (Wildman–Crippen MR) is 128 cm³/mol. The molecule has 3 N–H and O–H groups in total. The third-order valence-electron chi connectivity index (χ3n) is 5.08. The molecule has 1 aliphatic heterocycles. The van der Waals surface area contributed by atoms with Gasteiger partial charge >= 0.3 is 6.03 Å². The highest BCUT2D eigenvalue weighted by molar-refractivity contribution is 7.16. The summed E-state index contributed by atoms with van der Waals surface area (Å²) >= 11 is 13.0. The number of nitrogens with zero attached hydrogens (tertiary/aromatic N) is 2. The Labute approximate surface area is 204 Å². The lowest BCUT2D eigenvalue weighted by Gasteiger charge is -2.40. The molecule has 0 aliphatic carbocycles. The second-order valence-electron chi connectivity index (χ2n) is 9.02. The maximum atomic E-state index is 13.5. The van der Waals surface area contributed by atoms with Crippen LogP contribution in [0, 0.1) is 5.82 Å². The number of halogens is 3. The van der Waals surface area contributed by atoms with Gasteiger partial charge in [-0.05, 0) is 26.0 Å². The van der Waals surface area contributed by atoms with E-state index < -0.39 is 28.7 Å². The van der Waals surface area contributed by atoms with Crippen LogP contribution < -0.4 is 16.0 Å². The number of piperazine rings is 1. The Morgan fingerprint density at radius 1 is 1.21 bits per heavy atom. The standard InChI is InChI=1S/C21H24Cl2FN5O3S/c1-20(2,3)18-27-14(16(30)29-9-8-25-17(31)21(29,4)5)15(33-18)28-19(32)26-11-7-6-10(24)12(22)13(11)23/h6-7H,8-9H2,1-5H3,(H,25,31)(H2,26,28,32). The first kappa shape index (κ1) is 25.2. The number of hydrogen-bond acceptors (Lipinski definition) is 5. The van der Waals surface area contributed by atoms with E-state index in [1.54, 1.807) is 13.8 Å². The predicted octanol–water partition coefficient (Wildman–Crippen LogP) is 4.88. The van der Waals surface area contributed by atoms with E-state index >= 15 is 0 Å². The van der Waals surface area contributed by atoms with Gasteiger partial charge in [0.15, 0.2) is 5.69 Å². The lowest BCUT2D eigenvalue weighted by Crippen LogP contribution is -2.63. The van der Waals surface area contributed by atoms with Gasteiger partial charge in [0, 0.05) is 18.5 Å². The van der Waals surface area contributed by atoms with Crippen molar-refractivity contribution in [3.63, 3.8) is 0 Å². The molecule has 1 aliphatic rings. The van der Waals surface area contributed by atoms with E-state index in [9.17, 15) is 18.8 Å². The number of nitrogens with one attached hydrogen (secondary N) is 3. The van der Waals surface area contributed by atoms with E-state index in [0.717, 1.165) is 17.4 Å². The Kier molecular flexibility index (Phi) is 6.93. The van der Waals surface area contributed by atoms with E-state index in [1.165, 1.54) is 11.0 Å². The molecule has 0 radical (unpaired) electrons. The lowest BCUT2D eigenvalue weighted by molar-refractivity contribution is -0.133. The van der Waals surface area contributed by atoms with Crippen molar-refractivity contribution < 1.29 is 18.8 Å². The van der Waals surface area contributed by atoms with E-state index in [-0.39, 0.29) is 32.3 Å². The molecule has 1 saturated heterocycles. The Bertz CT molecular complexity index is 1130. The number of carbonyl (C=O) groups excluding carboxylic acids is 3. The fourth-order valence-corrected chi connectivity index (χ4v) is 4.51. The van der Waals surface area contributed by atoms with Crippen LogP contribution in [-0.2, 0) is 10.2 Å². The van der Waals surface area contributed by atoms with Crippen LogP contribution in [0.25, 0.3) is 0 Å². The summed E-state index contributed by atoms with van der Waals surface area (Å²) in [6, 6.07) is 1.64. The maximum Gasteiger partial charge on any atom is 0.324 e. The molecule has 0 spiro atoms. The molecule has 178 valence electrons. The summed E-state index contributed by atoms with van der Waals surface area (Å²) in [5, 5.41) is 8.26. The zero-order chi connectivity index (χ0) is 24.7. The molecule has 1 fully saturated rings. The third kappa shape index (κ3) is 5.07. The van der Waals surface area contributed by atoms with Gasteiger partial charge in [0.1, 0.15) is 21.4 Å². The number of aromatic nitrogens is 1. The van der Waals surface area contributed by atoms with Crippen molar-refractivity contribution in [2.45, 2.75) is 45.6 Å². The normalized spacial score (nSPS) is 15.8. The SMILES string of the molecule is CC(C)(C)c1nc(C(=O)N2CCNC(=O)C2(C)C)c(NC(=O)Nc2ccc(F)c(Cl)c2Cl)s1. The van der Waals surface area contributed by atoms with Crippen LogP contribution in [0.15, 0.2) is 12.1 Å². The monoisotopic (exact) mass is 515 g/mol. The molecular weight excluding hydrogens is 492 g/mol. The number of carbonyl (C=O) groups is 3. The summed E-state index contributed by atoms with van der Waals surface area (Å²) < 4.78 is 13.5. The number of urea groups is 1. The second-order valence-corrected chi connectivity index (χ2v) is 10.8. The highest BCUT2D eigenvalue weighted by Gasteiger charge is 2.42. The van der Waals surface area contributed by atoms with Crippen molar-refractivity contribution in [1.82, 2.24) is 15.2 Å². The minimum atomic E-state index is -1.08. The van der Waals surface area contributed by atoms with Gasteiger partial charge in [-0.2, -0.15) is 0 Å². The van der Waals surface area contributed by atoms with Crippen molar-refractivity contribution >= 4 is 63.1 Å². The fourth-order valence-electron chi connectivity index (χ4n) is 3.13. The third-order valence-corrected chi connectivity index (χ3v) is 7.33. The molecule has 3 rings (SSSR count). The van der Waals surface area contributed by atoms with Crippen molar-refractivity contribution in [3.8, 4) is 0 Å². The van der Waals surface area contributed by atoms with Gasteiger partial charge in [0.05, 0.1) is 15.7 Å². The summed E-state index contributed by atoms with van der Waals surface area (Å²) in [5.41, 5.74) is -1.34. The molecule has 0 atom stereocenters. The Morgan fingerprint density at radius 2 is 1.88 bits per heavy atom. The molecular formula is C21H24Cl2FN5O3S.